The Morgan fingerprint density at radius 2 is 1.62 bits per heavy atom. The third-order valence-corrected chi connectivity index (χ3v) is 2.70. The standard InChI is InChI=1S/C11H26N2/c1-8-9-13(6,7)10-11(2)12(3,4)5/h8,11H,1,9-10H2,2-7H3/q+2. The minimum atomic E-state index is 0.676. The van der Waals surface area contributed by atoms with Crippen molar-refractivity contribution in [1.82, 2.24) is 0 Å². The lowest BCUT2D eigenvalue weighted by atomic mass is 10.2. The van der Waals surface area contributed by atoms with Crippen LogP contribution in [0, 0.1) is 0 Å². The smallest absolute Gasteiger partial charge is 0.135 e. The van der Waals surface area contributed by atoms with Crippen molar-refractivity contribution in [1.29, 1.82) is 0 Å². The number of hydrogen-bond donors (Lipinski definition) is 0. The van der Waals surface area contributed by atoms with E-state index in [4.69, 9.17) is 0 Å². The van der Waals surface area contributed by atoms with Gasteiger partial charge in [-0.05, 0) is 13.0 Å². The summed E-state index contributed by atoms with van der Waals surface area (Å²) in [5.41, 5.74) is 0. The molecule has 0 saturated carbocycles. The molecule has 78 valence electrons. The lowest BCUT2D eigenvalue weighted by Crippen LogP contribution is -2.54. The van der Waals surface area contributed by atoms with Gasteiger partial charge in [0.2, 0.25) is 0 Å². The molecule has 0 aliphatic carbocycles. The van der Waals surface area contributed by atoms with E-state index < -0.39 is 0 Å². The van der Waals surface area contributed by atoms with E-state index in [2.05, 4.69) is 48.7 Å². The molecule has 0 spiro atoms. The topological polar surface area (TPSA) is 0 Å². The van der Waals surface area contributed by atoms with E-state index in [1.54, 1.807) is 0 Å². The summed E-state index contributed by atoms with van der Waals surface area (Å²) in [6, 6.07) is 0.676. The SMILES string of the molecule is C=CC[N+](C)(C)CC(C)[N+](C)(C)C. The van der Waals surface area contributed by atoms with Crippen LogP contribution in [0.4, 0.5) is 0 Å². The Hall–Kier alpha value is -0.340. The van der Waals surface area contributed by atoms with E-state index >= 15 is 0 Å². The number of hydrogen-bond acceptors (Lipinski definition) is 0. The van der Waals surface area contributed by atoms with Crippen LogP contribution in [0.2, 0.25) is 0 Å². The van der Waals surface area contributed by atoms with E-state index in [0.29, 0.717) is 6.04 Å². The Labute approximate surface area is 83.6 Å². The highest BCUT2D eigenvalue weighted by Gasteiger charge is 2.26. The molecule has 0 bridgehead atoms. The zero-order valence-corrected chi connectivity index (χ0v) is 10.2. The van der Waals surface area contributed by atoms with Crippen molar-refractivity contribution in [2.45, 2.75) is 13.0 Å². The molecule has 0 amide bonds. The molecule has 0 aromatic heterocycles. The van der Waals surface area contributed by atoms with Gasteiger partial charge in [0.1, 0.15) is 12.6 Å². The van der Waals surface area contributed by atoms with Crippen molar-refractivity contribution in [3.63, 3.8) is 0 Å². The Morgan fingerprint density at radius 1 is 1.15 bits per heavy atom. The molecule has 0 rings (SSSR count). The minimum absolute atomic E-state index is 0.676. The van der Waals surface area contributed by atoms with Gasteiger partial charge in [0.05, 0.1) is 41.8 Å². The number of rotatable bonds is 5. The zero-order valence-electron chi connectivity index (χ0n) is 10.2. The minimum Gasteiger partial charge on any atom is -0.324 e. The first kappa shape index (κ1) is 12.7. The van der Waals surface area contributed by atoms with Gasteiger partial charge in [0.15, 0.2) is 0 Å². The van der Waals surface area contributed by atoms with Gasteiger partial charge in [-0.3, -0.25) is 0 Å². The second-order valence-electron chi connectivity index (χ2n) is 5.55. The van der Waals surface area contributed by atoms with Gasteiger partial charge in [-0.1, -0.05) is 6.58 Å². The third-order valence-electron chi connectivity index (χ3n) is 2.70. The molecule has 0 saturated heterocycles. The van der Waals surface area contributed by atoms with Crippen LogP contribution in [0.3, 0.4) is 0 Å². The molecule has 0 radical (unpaired) electrons. The predicted molar refractivity (Wildman–Crippen MR) is 59.5 cm³/mol. The van der Waals surface area contributed by atoms with Crippen LogP contribution in [0.1, 0.15) is 6.92 Å². The molecular weight excluding hydrogens is 160 g/mol. The summed E-state index contributed by atoms with van der Waals surface area (Å²) in [4.78, 5) is 0. The van der Waals surface area contributed by atoms with E-state index in [1.807, 2.05) is 6.08 Å². The summed E-state index contributed by atoms with van der Waals surface area (Å²) in [5, 5.41) is 0. The van der Waals surface area contributed by atoms with Crippen LogP contribution >= 0.6 is 0 Å². The fraction of sp³-hybridized carbons (Fsp3) is 0.818. The second kappa shape index (κ2) is 4.25. The van der Waals surface area contributed by atoms with Crippen LogP contribution < -0.4 is 0 Å². The molecule has 0 aromatic carbocycles. The quantitative estimate of drug-likeness (QED) is 0.449. The van der Waals surface area contributed by atoms with Crippen LogP contribution in [0.15, 0.2) is 12.7 Å². The molecule has 0 N–H and O–H groups in total. The maximum atomic E-state index is 3.79. The van der Waals surface area contributed by atoms with Crippen LogP contribution in [-0.2, 0) is 0 Å². The average molecular weight is 186 g/mol. The van der Waals surface area contributed by atoms with Gasteiger partial charge in [-0.2, -0.15) is 0 Å². The lowest BCUT2D eigenvalue weighted by Gasteiger charge is -2.37. The van der Waals surface area contributed by atoms with Gasteiger partial charge in [-0.15, -0.1) is 0 Å². The van der Waals surface area contributed by atoms with Crippen LogP contribution in [0.25, 0.3) is 0 Å². The summed E-state index contributed by atoms with van der Waals surface area (Å²) in [5.74, 6) is 0. The Bertz CT molecular complexity index is 165. The Morgan fingerprint density at radius 3 is 1.92 bits per heavy atom. The molecular formula is C11H26N2+2. The maximum absolute atomic E-state index is 3.79. The van der Waals surface area contributed by atoms with E-state index in [9.17, 15) is 0 Å². The second-order valence-corrected chi connectivity index (χ2v) is 5.55. The van der Waals surface area contributed by atoms with Gasteiger partial charge < -0.3 is 8.97 Å². The normalized spacial score (nSPS) is 15.5. The average Bonchev–Trinajstić information content (AvgIpc) is 1.83. The number of nitrogens with zero attached hydrogens (tertiary/aromatic N) is 2. The molecule has 13 heavy (non-hydrogen) atoms. The van der Waals surface area contributed by atoms with Crippen molar-refractivity contribution in [2.24, 2.45) is 0 Å². The first-order chi connectivity index (χ1) is 5.69. The number of quaternary nitrogens is 2. The molecule has 0 heterocycles. The fourth-order valence-electron chi connectivity index (χ4n) is 1.38. The molecule has 0 aromatic rings. The Balaban J connectivity index is 4.18. The van der Waals surface area contributed by atoms with Crippen LogP contribution in [-0.4, -0.2) is 63.3 Å². The molecule has 2 nitrogen and oxygen atoms in total. The van der Waals surface area contributed by atoms with Gasteiger partial charge in [-0.25, -0.2) is 0 Å². The first-order valence-electron chi connectivity index (χ1n) is 4.93. The lowest BCUT2D eigenvalue weighted by molar-refractivity contribution is -0.951. The van der Waals surface area contributed by atoms with E-state index in [1.165, 1.54) is 6.54 Å². The summed E-state index contributed by atoms with van der Waals surface area (Å²) in [6.07, 6.45) is 2.00. The Kier molecular flexibility index (Phi) is 4.14. The van der Waals surface area contributed by atoms with Crippen molar-refractivity contribution >= 4 is 0 Å². The first-order valence-corrected chi connectivity index (χ1v) is 4.93. The summed E-state index contributed by atoms with van der Waals surface area (Å²) in [7, 11) is 11.3. The van der Waals surface area contributed by atoms with Gasteiger partial charge in [0.25, 0.3) is 0 Å². The molecule has 1 atom stereocenters. The van der Waals surface area contributed by atoms with Gasteiger partial charge >= 0.3 is 0 Å². The van der Waals surface area contributed by atoms with Crippen molar-refractivity contribution in [2.75, 3.05) is 48.3 Å². The highest BCUT2D eigenvalue weighted by Crippen LogP contribution is 2.08. The largest absolute Gasteiger partial charge is 0.324 e. The summed E-state index contributed by atoms with van der Waals surface area (Å²) in [6.45, 7) is 8.34. The molecule has 0 aliphatic heterocycles. The van der Waals surface area contributed by atoms with Crippen LogP contribution in [0.5, 0.6) is 0 Å². The molecule has 0 aliphatic rings. The monoisotopic (exact) mass is 186 g/mol. The molecule has 0 fully saturated rings. The highest BCUT2D eigenvalue weighted by atomic mass is 15.4. The highest BCUT2D eigenvalue weighted by molar-refractivity contribution is 4.65. The molecule has 2 heteroatoms. The van der Waals surface area contributed by atoms with Gasteiger partial charge in [0, 0.05) is 0 Å². The summed E-state index contributed by atoms with van der Waals surface area (Å²) < 4.78 is 2.05. The zero-order chi connectivity index (χ0) is 10.7. The maximum Gasteiger partial charge on any atom is 0.135 e. The van der Waals surface area contributed by atoms with E-state index in [0.717, 1.165) is 15.5 Å². The predicted octanol–water partition coefficient (Wildman–Crippen LogP) is 1.34. The third kappa shape index (κ3) is 5.06. The summed E-state index contributed by atoms with van der Waals surface area (Å²) >= 11 is 0. The molecule has 1 unspecified atom stereocenters. The van der Waals surface area contributed by atoms with E-state index in [-0.39, 0.29) is 0 Å². The van der Waals surface area contributed by atoms with Crippen molar-refractivity contribution < 1.29 is 8.97 Å². The fourth-order valence-corrected chi connectivity index (χ4v) is 1.38. The van der Waals surface area contributed by atoms with Crippen molar-refractivity contribution in [3.8, 4) is 0 Å². The number of likely N-dealkylation sites (N-methyl/N-ethyl adjacent to an activating group) is 2. The van der Waals surface area contributed by atoms with Crippen molar-refractivity contribution in [3.05, 3.63) is 12.7 Å².